The van der Waals surface area contributed by atoms with Crippen molar-refractivity contribution in [1.29, 1.82) is 0 Å². The van der Waals surface area contributed by atoms with Crippen molar-refractivity contribution in [2.24, 2.45) is 0 Å². The molecule has 3 aromatic rings. The summed E-state index contributed by atoms with van der Waals surface area (Å²) < 4.78 is 20.2. The Labute approximate surface area is 192 Å². The topological polar surface area (TPSA) is 80.0 Å². The van der Waals surface area contributed by atoms with E-state index in [2.05, 4.69) is 0 Å². The molecule has 1 N–H and O–H groups in total. The summed E-state index contributed by atoms with van der Waals surface area (Å²) in [7, 11) is 0. The van der Waals surface area contributed by atoms with Crippen LogP contribution in [0.4, 0.5) is 0 Å². The first kappa shape index (κ1) is 20.8. The number of hydrogen-bond donors (Lipinski definition) is 1. The van der Waals surface area contributed by atoms with Crippen molar-refractivity contribution >= 4 is 23.2 Å². The highest BCUT2D eigenvalue weighted by molar-refractivity contribution is 7.08. The van der Waals surface area contributed by atoms with Gasteiger partial charge in [-0.3, -0.25) is 9.59 Å². The third-order valence-electron chi connectivity index (χ3n) is 5.34. The molecule has 32 heavy (non-hydrogen) atoms. The molecule has 0 spiro atoms. The summed E-state index contributed by atoms with van der Waals surface area (Å²) >= 11 is 1.45. The molecule has 168 valence electrons. The molecular formula is C25H27NO5S. The maximum absolute atomic E-state index is 13.4. The van der Waals surface area contributed by atoms with E-state index in [1.165, 1.54) is 11.3 Å². The number of carboxylic acid groups (broad SMARTS) is 1. The second-order valence-electron chi connectivity index (χ2n) is 7.87. The molecule has 7 heteroatoms. The molecule has 1 atom stereocenters. The molecule has 0 aliphatic heterocycles. The van der Waals surface area contributed by atoms with Gasteiger partial charge in [0, 0.05) is 34.5 Å². The molecule has 1 amide bonds. The largest absolute Gasteiger partial charge is 0.492 e. The van der Waals surface area contributed by atoms with Gasteiger partial charge >= 0.3 is 5.97 Å². The highest BCUT2D eigenvalue weighted by Gasteiger charge is 2.33. The third-order valence-corrected chi connectivity index (χ3v) is 6.08. The summed E-state index contributed by atoms with van der Waals surface area (Å²) in [4.78, 5) is 25.6. The molecule has 1 saturated carbocycles. The Kier molecular flexibility index (Phi) is 6.83. The van der Waals surface area contributed by atoms with Gasteiger partial charge in [0.15, 0.2) is 0 Å². The monoisotopic (exact) mass is 454 g/mol. The Balaban J connectivity index is 1.41. The maximum atomic E-state index is 13.4. The van der Waals surface area contributed by atoms with E-state index >= 15 is 0 Å². The predicted octanol–water partition coefficient (Wildman–Crippen LogP) is 5.84. The number of benzene rings is 1. The summed E-state index contributed by atoms with van der Waals surface area (Å²) in [5.74, 6) is 0.433. The zero-order valence-corrected chi connectivity index (χ0v) is 18.6. The second kappa shape index (κ2) is 10.5. The predicted molar refractivity (Wildman–Crippen MR) is 123 cm³/mol. The van der Waals surface area contributed by atoms with Crippen molar-refractivity contribution in [2.75, 3.05) is 6.61 Å². The van der Waals surface area contributed by atoms with Gasteiger partial charge in [0.1, 0.15) is 11.5 Å². The Bertz CT molecular complexity index is 1060. The van der Waals surface area contributed by atoms with Crippen molar-refractivity contribution in [3.63, 3.8) is 0 Å². The fraction of sp³-hybridized carbons (Fsp3) is 0.360. The lowest BCUT2D eigenvalue weighted by atomic mass is 10.1. The number of aliphatic carboxylic acids is 1. The van der Waals surface area contributed by atoms with E-state index in [0.29, 0.717) is 29.9 Å². The molecule has 4 rings (SSSR count). The van der Waals surface area contributed by atoms with E-state index in [0.717, 1.165) is 37.0 Å². The Morgan fingerprint density at radius 2 is 1.97 bits per heavy atom. The number of rotatable bonds is 12. The highest BCUT2D eigenvalue weighted by atomic mass is 32.1. The Hall–Kier alpha value is -3.06. The lowest BCUT2D eigenvalue weighted by Gasteiger charge is -2.23. The van der Waals surface area contributed by atoms with Crippen LogP contribution in [-0.2, 0) is 11.3 Å². The summed E-state index contributed by atoms with van der Waals surface area (Å²) in [6, 6.07) is 11.0. The second-order valence-corrected chi connectivity index (χ2v) is 8.62. The molecule has 2 heterocycles. The summed E-state index contributed by atoms with van der Waals surface area (Å²) in [5.41, 5.74) is 2.14. The molecule has 1 fully saturated rings. The van der Waals surface area contributed by atoms with Crippen LogP contribution >= 0.6 is 11.3 Å². The number of thiophene rings is 1. The minimum Gasteiger partial charge on any atom is -0.492 e. The molecule has 6 nitrogen and oxygen atoms in total. The Morgan fingerprint density at radius 1 is 1.16 bits per heavy atom. The number of furan rings is 1. The number of ether oxygens (including phenoxy) is 1. The van der Waals surface area contributed by atoms with Gasteiger partial charge in [0.05, 0.1) is 20.8 Å². The fourth-order valence-electron chi connectivity index (χ4n) is 3.45. The van der Waals surface area contributed by atoms with Crippen molar-refractivity contribution in [1.82, 2.24) is 4.90 Å². The summed E-state index contributed by atoms with van der Waals surface area (Å²) in [6.07, 6.45) is 5.73. The number of carbonyl (C=O) groups excluding carboxylic acids is 1. The normalized spacial score (nSPS) is 14.6. The smallest absolute Gasteiger partial charge is 0.303 e. The van der Waals surface area contributed by atoms with Crippen LogP contribution in [0.5, 0.6) is 5.75 Å². The lowest BCUT2D eigenvalue weighted by Crippen LogP contribution is -2.32. The number of carboxylic acids is 1. The van der Waals surface area contributed by atoms with Gasteiger partial charge in [-0.15, -0.1) is 11.3 Å². The molecule has 0 bridgehead atoms. The number of unbranched alkanes of at least 4 members (excludes halogenated alkanes) is 2. The van der Waals surface area contributed by atoms with Crippen LogP contribution in [0.3, 0.4) is 0 Å². The van der Waals surface area contributed by atoms with Crippen LogP contribution in [0, 0.1) is 0 Å². The van der Waals surface area contributed by atoms with Crippen LogP contribution in [0.1, 0.15) is 55.8 Å². The van der Waals surface area contributed by atoms with Gasteiger partial charge in [-0.25, -0.2) is 0 Å². The van der Waals surface area contributed by atoms with Crippen LogP contribution in [-0.4, -0.2) is 34.5 Å². The van der Waals surface area contributed by atoms with Gasteiger partial charge in [0.2, 0.25) is 0 Å². The molecule has 1 unspecified atom stereocenters. The van der Waals surface area contributed by atoms with Gasteiger partial charge in [0.25, 0.3) is 5.91 Å². The average molecular weight is 455 g/mol. The molecule has 1 aliphatic rings. The molecule has 1 aliphatic carbocycles. The maximum Gasteiger partial charge on any atom is 0.303 e. The van der Waals surface area contributed by atoms with Gasteiger partial charge < -0.3 is 19.2 Å². The first-order chi connectivity index (χ1) is 16.0. The fourth-order valence-corrected chi connectivity index (χ4v) is 4.16. The summed E-state index contributed by atoms with van der Waals surface area (Å²) in [6.45, 7) is -0.384. The average Bonchev–Trinajstić information content (AvgIpc) is 3.29. The number of nitrogens with zero attached hydrogens (tertiary/aromatic N) is 1. The molecule has 2 aromatic heterocycles. The quantitative estimate of drug-likeness (QED) is 0.348. The Morgan fingerprint density at radius 3 is 2.66 bits per heavy atom. The number of amides is 1. The first-order valence-corrected chi connectivity index (χ1v) is 11.8. The highest BCUT2D eigenvalue weighted by Crippen LogP contribution is 2.33. The zero-order chi connectivity index (χ0) is 23.2. The van der Waals surface area contributed by atoms with Gasteiger partial charge in [-0.05, 0) is 61.7 Å². The third kappa shape index (κ3) is 5.79. The van der Waals surface area contributed by atoms with Crippen molar-refractivity contribution in [2.45, 2.75) is 51.1 Å². The van der Waals surface area contributed by atoms with E-state index in [1.807, 2.05) is 35.0 Å². The molecular weight excluding hydrogens is 426 g/mol. The summed E-state index contributed by atoms with van der Waals surface area (Å²) in [5, 5.41) is 12.5. The molecule has 1 aromatic carbocycles. The van der Waals surface area contributed by atoms with E-state index in [1.54, 1.807) is 23.3 Å². The van der Waals surface area contributed by atoms with Crippen LogP contribution < -0.4 is 4.74 Å². The van der Waals surface area contributed by atoms with Crippen molar-refractivity contribution < 1.29 is 25.2 Å². The van der Waals surface area contributed by atoms with E-state index in [4.69, 9.17) is 15.6 Å². The number of carbonyl (C=O) groups is 2. The standard InChI is InChI=1S/C25H27NO5S/c27-24(28)6-2-1-3-13-31-23-17-32-16-20(23)15-26(21-11-12-21)25(29)19-9-7-18(8-10-19)22-5-4-14-30-22/h4-5,7-10,14,16-17,21H,1-3,6,11-13,15H2,(H,27,28)/i15D. The lowest BCUT2D eigenvalue weighted by molar-refractivity contribution is -0.137. The first-order valence-electron chi connectivity index (χ1n) is 11.4. The van der Waals surface area contributed by atoms with Gasteiger partial charge in [-0.1, -0.05) is 12.1 Å². The van der Waals surface area contributed by atoms with Crippen molar-refractivity contribution in [3.05, 3.63) is 64.5 Å². The van der Waals surface area contributed by atoms with E-state index in [9.17, 15) is 9.59 Å². The van der Waals surface area contributed by atoms with E-state index in [-0.39, 0.29) is 18.4 Å². The van der Waals surface area contributed by atoms with Crippen LogP contribution in [0.25, 0.3) is 11.3 Å². The van der Waals surface area contributed by atoms with Crippen LogP contribution in [0.2, 0.25) is 0 Å². The van der Waals surface area contributed by atoms with Crippen LogP contribution in [0.15, 0.2) is 57.8 Å². The minimum atomic E-state index is -0.844. The molecule has 0 radical (unpaired) electrons. The van der Waals surface area contributed by atoms with Crippen molar-refractivity contribution in [3.8, 4) is 17.1 Å². The van der Waals surface area contributed by atoms with Gasteiger partial charge in [-0.2, -0.15) is 0 Å². The SMILES string of the molecule is [2H]C(c1cscc1OCCCCCC(=O)O)N(C(=O)c1ccc(-c2ccco2)cc1)C1CC1. The number of hydrogen-bond acceptors (Lipinski definition) is 5. The minimum absolute atomic E-state index is 0.0634. The van der Waals surface area contributed by atoms with E-state index < -0.39 is 12.5 Å². The molecule has 0 saturated heterocycles. The zero-order valence-electron chi connectivity index (χ0n) is 18.7.